The molecule has 1 atom stereocenters. The molecule has 4 aromatic rings. The van der Waals surface area contributed by atoms with Crippen molar-refractivity contribution >= 4 is 23.0 Å². The summed E-state index contributed by atoms with van der Waals surface area (Å²) in [4.78, 5) is 33.0. The molecule has 0 saturated heterocycles. The standard InChI is InChI=1S/C29H21F3N2O4S/c1-16-26(39-27(33-16)19-7-3-2-4-8-19)24(36)22-23(18-10-12-21(35)13-11-18)34(28(38)25(22)37)15-17-6-5-9-20(14-17)29(30,31)32/h2-14,23,35,37H,15H2,1H3. The fourth-order valence-electron chi connectivity index (χ4n) is 4.53. The van der Waals surface area contributed by atoms with Crippen molar-refractivity contribution < 1.29 is 33.0 Å². The summed E-state index contributed by atoms with van der Waals surface area (Å²) in [5.41, 5.74) is 0.692. The van der Waals surface area contributed by atoms with Crippen molar-refractivity contribution in [1.29, 1.82) is 0 Å². The maximum absolute atomic E-state index is 13.9. The van der Waals surface area contributed by atoms with Gasteiger partial charge in [-0.2, -0.15) is 13.2 Å². The lowest BCUT2D eigenvalue weighted by atomic mass is 9.94. The van der Waals surface area contributed by atoms with E-state index in [-0.39, 0.29) is 28.3 Å². The summed E-state index contributed by atoms with van der Waals surface area (Å²) in [6, 6.07) is 18.4. The number of phenols is 1. The van der Waals surface area contributed by atoms with Crippen LogP contribution in [0.1, 0.15) is 38.1 Å². The largest absolute Gasteiger partial charge is 0.508 e. The summed E-state index contributed by atoms with van der Waals surface area (Å²) in [5.74, 6) is -2.33. The smallest absolute Gasteiger partial charge is 0.416 e. The first-order valence-corrected chi connectivity index (χ1v) is 12.6. The van der Waals surface area contributed by atoms with Gasteiger partial charge in [0.2, 0.25) is 5.78 Å². The Labute approximate surface area is 225 Å². The number of aryl methyl sites for hydroxylation is 1. The number of Topliss-reactive ketones (excluding diaryl/α,β-unsaturated/α-hetero) is 1. The summed E-state index contributed by atoms with van der Waals surface area (Å²) >= 11 is 1.12. The van der Waals surface area contributed by atoms with Crippen molar-refractivity contribution in [1.82, 2.24) is 9.88 Å². The zero-order chi connectivity index (χ0) is 27.9. The molecular weight excluding hydrogens is 529 g/mol. The van der Waals surface area contributed by atoms with E-state index in [0.717, 1.165) is 33.9 Å². The Morgan fingerprint density at radius 2 is 1.69 bits per heavy atom. The van der Waals surface area contributed by atoms with Crippen LogP contribution in [0.25, 0.3) is 10.6 Å². The third-order valence-corrected chi connectivity index (χ3v) is 7.59. The molecule has 39 heavy (non-hydrogen) atoms. The normalized spacial score (nSPS) is 15.7. The molecule has 0 bridgehead atoms. The van der Waals surface area contributed by atoms with Crippen LogP contribution in [0.4, 0.5) is 13.2 Å². The van der Waals surface area contributed by atoms with Gasteiger partial charge in [0.15, 0.2) is 5.76 Å². The Kier molecular flexibility index (Phi) is 6.73. The number of aromatic nitrogens is 1. The Hall–Kier alpha value is -4.44. The zero-order valence-electron chi connectivity index (χ0n) is 20.4. The number of nitrogens with zero attached hydrogens (tertiary/aromatic N) is 2. The first-order chi connectivity index (χ1) is 18.5. The summed E-state index contributed by atoms with van der Waals surface area (Å²) in [5, 5.41) is 21.3. The van der Waals surface area contributed by atoms with Gasteiger partial charge in [-0.05, 0) is 42.3 Å². The second-order valence-corrected chi connectivity index (χ2v) is 10.0. The number of phenolic OH excluding ortho intramolecular Hbond substituents is 1. The number of rotatable bonds is 6. The van der Waals surface area contributed by atoms with Crippen molar-refractivity contribution in [2.24, 2.45) is 0 Å². The molecule has 1 aliphatic rings. The third-order valence-electron chi connectivity index (χ3n) is 6.39. The predicted octanol–water partition coefficient (Wildman–Crippen LogP) is 6.62. The summed E-state index contributed by atoms with van der Waals surface area (Å²) < 4.78 is 39.9. The van der Waals surface area contributed by atoms with Crippen LogP contribution in [0.3, 0.4) is 0 Å². The van der Waals surface area contributed by atoms with Gasteiger partial charge >= 0.3 is 6.18 Å². The summed E-state index contributed by atoms with van der Waals surface area (Å²) in [7, 11) is 0. The molecule has 3 aromatic carbocycles. The molecule has 1 unspecified atom stereocenters. The number of ketones is 1. The van der Waals surface area contributed by atoms with Gasteiger partial charge in [-0.1, -0.05) is 54.6 Å². The molecule has 10 heteroatoms. The molecule has 1 aromatic heterocycles. The van der Waals surface area contributed by atoms with E-state index in [9.17, 15) is 33.0 Å². The van der Waals surface area contributed by atoms with Gasteiger partial charge < -0.3 is 15.1 Å². The molecule has 5 rings (SSSR count). The molecule has 0 spiro atoms. The van der Waals surface area contributed by atoms with E-state index in [1.54, 1.807) is 6.92 Å². The topological polar surface area (TPSA) is 90.7 Å². The van der Waals surface area contributed by atoms with E-state index in [1.807, 2.05) is 30.3 Å². The fraction of sp³-hybridized carbons (Fsp3) is 0.138. The SMILES string of the molecule is Cc1nc(-c2ccccc2)sc1C(=O)C1=C(O)C(=O)N(Cc2cccc(C(F)(F)F)c2)C1c1ccc(O)cc1. The minimum absolute atomic E-state index is 0.0561. The third kappa shape index (κ3) is 5.03. The quantitative estimate of drug-likeness (QED) is 0.263. The van der Waals surface area contributed by atoms with E-state index in [4.69, 9.17) is 0 Å². The number of alkyl halides is 3. The van der Waals surface area contributed by atoms with Gasteiger partial charge in [-0.25, -0.2) is 4.98 Å². The minimum Gasteiger partial charge on any atom is -0.508 e. The first kappa shape index (κ1) is 26.2. The monoisotopic (exact) mass is 550 g/mol. The molecule has 2 heterocycles. The number of aliphatic hydroxyl groups is 1. The zero-order valence-corrected chi connectivity index (χ0v) is 21.3. The lowest BCUT2D eigenvalue weighted by Gasteiger charge is -2.27. The number of aliphatic hydroxyl groups excluding tert-OH is 1. The van der Waals surface area contributed by atoms with E-state index in [0.29, 0.717) is 16.3 Å². The fourth-order valence-corrected chi connectivity index (χ4v) is 5.55. The van der Waals surface area contributed by atoms with E-state index in [2.05, 4.69) is 4.98 Å². The highest BCUT2D eigenvalue weighted by molar-refractivity contribution is 7.17. The highest BCUT2D eigenvalue weighted by atomic mass is 32.1. The Bertz CT molecular complexity index is 1600. The lowest BCUT2D eigenvalue weighted by Crippen LogP contribution is -2.30. The van der Waals surface area contributed by atoms with Crippen LogP contribution in [-0.2, 0) is 17.5 Å². The van der Waals surface area contributed by atoms with Gasteiger partial charge in [0.1, 0.15) is 10.8 Å². The number of carbonyl (C=O) groups excluding carboxylic acids is 2. The van der Waals surface area contributed by atoms with Crippen LogP contribution in [-0.4, -0.2) is 31.8 Å². The second kappa shape index (κ2) is 10.0. The summed E-state index contributed by atoms with van der Waals surface area (Å²) in [6.07, 6.45) is -4.58. The summed E-state index contributed by atoms with van der Waals surface area (Å²) in [6.45, 7) is 1.35. The highest BCUT2D eigenvalue weighted by Crippen LogP contribution is 2.42. The average Bonchev–Trinajstić information content (AvgIpc) is 3.42. The predicted molar refractivity (Wildman–Crippen MR) is 139 cm³/mol. The van der Waals surface area contributed by atoms with Gasteiger partial charge in [0, 0.05) is 12.1 Å². The molecular formula is C29H21F3N2O4S. The van der Waals surface area contributed by atoms with Crippen molar-refractivity contribution in [3.8, 4) is 16.3 Å². The Morgan fingerprint density at radius 1 is 1.00 bits per heavy atom. The molecule has 1 amide bonds. The van der Waals surface area contributed by atoms with Crippen LogP contribution in [0.2, 0.25) is 0 Å². The van der Waals surface area contributed by atoms with Crippen LogP contribution in [0.15, 0.2) is 90.2 Å². The van der Waals surface area contributed by atoms with Crippen molar-refractivity contribution in [2.45, 2.75) is 25.7 Å². The van der Waals surface area contributed by atoms with Crippen molar-refractivity contribution in [3.63, 3.8) is 0 Å². The van der Waals surface area contributed by atoms with Gasteiger partial charge in [-0.15, -0.1) is 11.3 Å². The van der Waals surface area contributed by atoms with Crippen molar-refractivity contribution in [2.75, 3.05) is 0 Å². The molecule has 0 fully saturated rings. The molecule has 1 aliphatic heterocycles. The molecule has 198 valence electrons. The maximum Gasteiger partial charge on any atom is 0.416 e. The average molecular weight is 551 g/mol. The highest BCUT2D eigenvalue weighted by Gasteiger charge is 2.44. The molecule has 2 N–H and O–H groups in total. The van der Waals surface area contributed by atoms with E-state index < -0.39 is 35.2 Å². The molecule has 0 radical (unpaired) electrons. The molecule has 0 aliphatic carbocycles. The van der Waals surface area contributed by atoms with E-state index >= 15 is 0 Å². The first-order valence-electron chi connectivity index (χ1n) is 11.8. The number of amides is 1. The number of halogens is 3. The molecule has 0 saturated carbocycles. The Morgan fingerprint density at radius 3 is 2.36 bits per heavy atom. The number of hydrogen-bond donors (Lipinski definition) is 2. The van der Waals surface area contributed by atoms with Crippen molar-refractivity contribution in [3.05, 3.63) is 117 Å². The van der Waals surface area contributed by atoms with Crippen LogP contribution < -0.4 is 0 Å². The maximum atomic E-state index is 13.9. The van der Waals surface area contributed by atoms with E-state index in [1.165, 1.54) is 36.4 Å². The minimum atomic E-state index is -4.58. The number of carbonyl (C=O) groups is 2. The number of aromatic hydroxyl groups is 1. The van der Waals surface area contributed by atoms with Crippen LogP contribution in [0.5, 0.6) is 5.75 Å². The van der Waals surface area contributed by atoms with Gasteiger partial charge in [0.25, 0.3) is 5.91 Å². The molecule has 6 nitrogen and oxygen atoms in total. The van der Waals surface area contributed by atoms with Gasteiger partial charge in [0.05, 0.1) is 27.7 Å². The lowest BCUT2D eigenvalue weighted by molar-refractivity contribution is -0.137. The van der Waals surface area contributed by atoms with Crippen LogP contribution >= 0.6 is 11.3 Å². The number of thiazole rings is 1. The Balaban J connectivity index is 1.57. The van der Waals surface area contributed by atoms with Gasteiger partial charge in [-0.3, -0.25) is 9.59 Å². The number of benzene rings is 3. The number of hydrogen-bond acceptors (Lipinski definition) is 6. The second-order valence-electron chi connectivity index (χ2n) is 9.02. The van der Waals surface area contributed by atoms with Crippen LogP contribution in [0, 0.1) is 6.92 Å².